The van der Waals surface area contributed by atoms with Gasteiger partial charge in [-0.15, -0.1) is 11.3 Å². The number of thiazole rings is 1. The Bertz CT molecular complexity index is 389. The molecular formula is C16H29N3S. The Labute approximate surface area is 127 Å². The normalized spacial score (nSPS) is 22.1. The number of hydrogen-bond donors (Lipinski definition) is 1. The maximum atomic E-state index is 4.53. The molecule has 2 rings (SSSR count). The van der Waals surface area contributed by atoms with Crippen molar-refractivity contribution >= 4 is 11.3 Å². The molecule has 1 N–H and O–H groups in total. The van der Waals surface area contributed by atoms with Crippen LogP contribution in [0, 0.1) is 12.8 Å². The molecule has 0 aromatic carbocycles. The van der Waals surface area contributed by atoms with Crippen LogP contribution < -0.4 is 5.32 Å². The Balaban J connectivity index is 1.69. The fraction of sp³-hybridized carbons (Fsp3) is 0.812. The molecule has 1 aliphatic rings. The van der Waals surface area contributed by atoms with E-state index in [1.807, 2.05) is 0 Å². The summed E-state index contributed by atoms with van der Waals surface area (Å²) in [6.45, 7) is 11.6. The summed E-state index contributed by atoms with van der Waals surface area (Å²) in [6, 6.07) is 0.621. The van der Waals surface area contributed by atoms with Gasteiger partial charge in [0.1, 0.15) is 0 Å². The Kier molecular flexibility index (Phi) is 6.46. The third kappa shape index (κ3) is 4.83. The molecule has 0 amide bonds. The van der Waals surface area contributed by atoms with Gasteiger partial charge >= 0.3 is 0 Å². The van der Waals surface area contributed by atoms with Crippen LogP contribution >= 0.6 is 11.3 Å². The smallest absolute Gasteiger partial charge is 0.0940 e. The van der Waals surface area contributed by atoms with Crippen molar-refractivity contribution in [2.75, 3.05) is 26.2 Å². The molecule has 1 aromatic rings. The van der Waals surface area contributed by atoms with Crippen LogP contribution in [0.15, 0.2) is 5.38 Å². The van der Waals surface area contributed by atoms with E-state index in [9.17, 15) is 0 Å². The number of nitrogens with one attached hydrogen (secondary N) is 1. The number of aromatic nitrogens is 1. The summed E-state index contributed by atoms with van der Waals surface area (Å²) in [5.41, 5.74) is 1.15. The zero-order valence-corrected chi connectivity index (χ0v) is 14.0. The van der Waals surface area contributed by atoms with Gasteiger partial charge in [0, 0.05) is 36.6 Å². The minimum atomic E-state index is 0.621. The summed E-state index contributed by atoms with van der Waals surface area (Å²) in [6.07, 6.45) is 5.08. The molecule has 0 spiro atoms. The number of likely N-dealkylation sites (tertiary alicyclic amines) is 1. The molecule has 3 nitrogen and oxygen atoms in total. The van der Waals surface area contributed by atoms with Crippen LogP contribution in [0.5, 0.6) is 0 Å². The molecule has 0 bridgehead atoms. The molecule has 0 saturated carbocycles. The number of hydrogen-bond acceptors (Lipinski definition) is 4. The van der Waals surface area contributed by atoms with Crippen molar-refractivity contribution in [1.29, 1.82) is 0 Å². The van der Waals surface area contributed by atoms with Crippen LogP contribution in [0.3, 0.4) is 0 Å². The van der Waals surface area contributed by atoms with Crippen LogP contribution in [0.4, 0.5) is 0 Å². The number of nitrogens with zero attached hydrogens (tertiary/aromatic N) is 2. The Morgan fingerprint density at radius 3 is 3.10 bits per heavy atom. The lowest BCUT2D eigenvalue weighted by Crippen LogP contribution is -2.45. The van der Waals surface area contributed by atoms with Gasteiger partial charge in [0.25, 0.3) is 0 Å². The molecule has 114 valence electrons. The molecule has 4 heteroatoms. The summed E-state index contributed by atoms with van der Waals surface area (Å²) in [5.74, 6) is 0.813. The largest absolute Gasteiger partial charge is 0.314 e. The van der Waals surface area contributed by atoms with Gasteiger partial charge in [-0.2, -0.15) is 0 Å². The van der Waals surface area contributed by atoms with Crippen molar-refractivity contribution in [3.05, 3.63) is 16.1 Å². The molecule has 1 aromatic heterocycles. The van der Waals surface area contributed by atoms with Crippen molar-refractivity contribution in [3.8, 4) is 0 Å². The molecule has 1 aliphatic heterocycles. The Morgan fingerprint density at radius 2 is 2.40 bits per heavy atom. The predicted octanol–water partition coefficient (Wildman–Crippen LogP) is 3.09. The van der Waals surface area contributed by atoms with E-state index in [0.717, 1.165) is 24.6 Å². The highest BCUT2D eigenvalue weighted by Gasteiger charge is 2.23. The predicted molar refractivity (Wildman–Crippen MR) is 87.5 cm³/mol. The second-order valence-corrected chi connectivity index (χ2v) is 7.02. The SMILES string of the molecule is CCCN1CCCC(C(C)NCCc2nc(C)cs2)C1. The molecule has 1 fully saturated rings. The Morgan fingerprint density at radius 1 is 1.55 bits per heavy atom. The van der Waals surface area contributed by atoms with Gasteiger partial charge in [-0.1, -0.05) is 6.92 Å². The van der Waals surface area contributed by atoms with E-state index in [1.165, 1.54) is 43.9 Å². The zero-order chi connectivity index (χ0) is 14.4. The monoisotopic (exact) mass is 295 g/mol. The lowest BCUT2D eigenvalue weighted by atomic mass is 9.91. The quantitative estimate of drug-likeness (QED) is 0.838. The lowest BCUT2D eigenvalue weighted by Gasteiger charge is -2.36. The van der Waals surface area contributed by atoms with Gasteiger partial charge in [0.05, 0.1) is 5.01 Å². The van der Waals surface area contributed by atoms with Crippen LogP contribution in [0.2, 0.25) is 0 Å². The van der Waals surface area contributed by atoms with E-state index in [2.05, 4.69) is 41.4 Å². The fourth-order valence-electron chi connectivity index (χ4n) is 3.11. The van der Waals surface area contributed by atoms with E-state index >= 15 is 0 Å². The highest BCUT2D eigenvalue weighted by Crippen LogP contribution is 2.20. The average Bonchev–Trinajstić information content (AvgIpc) is 2.85. The van der Waals surface area contributed by atoms with Crippen LogP contribution in [0.25, 0.3) is 0 Å². The van der Waals surface area contributed by atoms with Gasteiger partial charge in [0.15, 0.2) is 0 Å². The van der Waals surface area contributed by atoms with Gasteiger partial charge < -0.3 is 10.2 Å². The highest BCUT2D eigenvalue weighted by molar-refractivity contribution is 7.09. The minimum absolute atomic E-state index is 0.621. The van der Waals surface area contributed by atoms with Crippen molar-refractivity contribution < 1.29 is 0 Å². The van der Waals surface area contributed by atoms with Crippen molar-refractivity contribution in [2.24, 2.45) is 5.92 Å². The number of aryl methyl sites for hydroxylation is 1. The molecule has 2 heterocycles. The number of rotatable bonds is 7. The van der Waals surface area contributed by atoms with E-state index in [4.69, 9.17) is 0 Å². The van der Waals surface area contributed by atoms with Crippen molar-refractivity contribution in [3.63, 3.8) is 0 Å². The van der Waals surface area contributed by atoms with Gasteiger partial charge in [-0.3, -0.25) is 0 Å². The van der Waals surface area contributed by atoms with Gasteiger partial charge in [0.2, 0.25) is 0 Å². The van der Waals surface area contributed by atoms with Crippen molar-refractivity contribution in [2.45, 2.75) is 52.5 Å². The topological polar surface area (TPSA) is 28.2 Å². The average molecular weight is 295 g/mol. The summed E-state index contributed by atoms with van der Waals surface area (Å²) in [4.78, 5) is 7.16. The first-order valence-electron chi connectivity index (χ1n) is 8.05. The van der Waals surface area contributed by atoms with Crippen molar-refractivity contribution in [1.82, 2.24) is 15.2 Å². The molecule has 2 unspecified atom stereocenters. The third-order valence-electron chi connectivity index (χ3n) is 4.26. The van der Waals surface area contributed by atoms with Gasteiger partial charge in [-0.25, -0.2) is 4.98 Å². The van der Waals surface area contributed by atoms with E-state index in [0.29, 0.717) is 6.04 Å². The first-order chi connectivity index (χ1) is 9.69. The lowest BCUT2D eigenvalue weighted by molar-refractivity contribution is 0.151. The van der Waals surface area contributed by atoms with E-state index in [1.54, 1.807) is 11.3 Å². The molecule has 20 heavy (non-hydrogen) atoms. The molecule has 0 radical (unpaired) electrons. The van der Waals surface area contributed by atoms with E-state index in [-0.39, 0.29) is 0 Å². The fourth-order valence-corrected chi connectivity index (χ4v) is 3.89. The summed E-state index contributed by atoms with van der Waals surface area (Å²) in [7, 11) is 0. The maximum absolute atomic E-state index is 4.53. The van der Waals surface area contributed by atoms with Crippen LogP contribution in [-0.2, 0) is 6.42 Å². The van der Waals surface area contributed by atoms with Crippen LogP contribution in [0.1, 0.15) is 43.8 Å². The number of piperidine rings is 1. The first-order valence-corrected chi connectivity index (χ1v) is 8.93. The highest BCUT2D eigenvalue weighted by atomic mass is 32.1. The first kappa shape index (κ1) is 15.9. The molecule has 2 atom stereocenters. The third-order valence-corrected chi connectivity index (χ3v) is 5.29. The molecule has 1 saturated heterocycles. The zero-order valence-electron chi connectivity index (χ0n) is 13.2. The minimum Gasteiger partial charge on any atom is -0.314 e. The van der Waals surface area contributed by atoms with E-state index < -0.39 is 0 Å². The summed E-state index contributed by atoms with van der Waals surface area (Å²) < 4.78 is 0. The molecular weight excluding hydrogens is 266 g/mol. The second kappa shape index (κ2) is 8.11. The standard InChI is InChI=1S/C16H29N3S/c1-4-9-19-10-5-6-15(11-19)14(3)17-8-7-16-18-13(2)12-20-16/h12,14-15,17H,4-11H2,1-3H3. The summed E-state index contributed by atoms with van der Waals surface area (Å²) >= 11 is 1.78. The van der Waals surface area contributed by atoms with Crippen LogP contribution in [-0.4, -0.2) is 42.1 Å². The summed E-state index contributed by atoms with van der Waals surface area (Å²) in [5, 5.41) is 7.12. The van der Waals surface area contributed by atoms with Gasteiger partial charge in [-0.05, 0) is 52.1 Å². The maximum Gasteiger partial charge on any atom is 0.0940 e. The second-order valence-electron chi connectivity index (χ2n) is 6.08. The Hall–Kier alpha value is -0.450. The molecule has 0 aliphatic carbocycles.